The van der Waals surface area contributed by atoms with E-state index in [-0.39, 0.29) is 29.2 Å². The molecule has 10 nitrogen and oxygen atoms in total. The first kappa shape index (κ1) is 27.5. The third-order valence-electron chi connectivity index (χ3n) is 6.70. The van der Waals surface area contributed by atoms with Crippen LogP contribution in [0.4, 0.5) is 11.6 Å². The van der Waals surface area contributed by atoms with Crippen molar-refractivity contribution in [1.82, 2.24) is 14.9 Å². The Labute approximate surface area is 224 Å². The van der Waals surface area contributed by atoms with Crippen molar-refractivity contribution < 1.29 is 23.4 Å². The number of likely N-dealkylation sites (N-methyl/N-ethyl adjacent to an activating group) is 1. The number of aryl methyl sites for hydroxylation is 1. The molecule has 38 heavy (non-hydrogen) atoms. The molecule has 2 aromatic heterocycles. The summed E-state index contributed by atoms with van der Waals surface area (Å²) < 4.78 is 22.7. The van der Waals surface area contributed by atoms with Crippen LogP contribution in [0.3, 0.4) is 0 Å². The molecule has 0 bridgehead atoms. The lowest BCUT2D eigenvalue weighted by Crippen LogP contribution is -2.37. The maximum absolute atomic E-state index is 13.1. The van der Waals surface area contributed by atoms with Crippen molar-refractivity contribution in [2.24, 2.45) is 0 Å². The second-order valence-corrected chi connectivity index (χ2v) is 15.8. The molecule has 1 aliphatic rings. The minimum Gasteiger partial charge on any atom is -0.479 e. The van der Waals surface area contributed by atoms with Gasteiger partial charge in [-0.1, -0.05) is 37.0 Å². The minimum atomic E-state index is -1.52. The van der Waals surface area contributed by atoms with E-state index in [2.05, 4.69) is 71.0 Å². The second-order valence-electron chi connectivity index (χ2n) is 10.7. The molecule has 1 saturated heterocycles. The number of furan rings is 1. The quantitative estimate of drug-likeness (QED) is 0.402. The molecule has 204 valence electrons. The van der Waals surface area contributed by atoms with Crippen LogP contribution in [0.5, 0.6) is 23.5 Å². The number of anilines is 2. The zero-order chi connectivity index (χ0) is 27.6. The molecular weight excluding hydrogens is 502 g/mol. The molecule has 1 fully saturated rings. The SMILES string of the molecule is COc1nc(N2CCC(N(C)C)C2)nc(OC)c1NC(=O)c1ccc(Oc2cc([Si](C)(C)C)ccc2C)o1. The molecule has 0 spiro atoms. The zero-order valence-electron chi connectivity index (χ0n) is 23.4. The van der Waals surface area contributed by atoms with Crippen LogP contribution in [0.15, 0.2) is 34.7 Å². The molecule has 1 amide bonds. The number of hydrogen-bond acceptors (Lipinski definition) is 9. The van der Waals surface area contributed by atoms with E-state index in [9.17, 15) is 4.79 Å². The summed E-state index contributed by atoms with van der Waals surface area (Å²) in [6.07, 6.45) is 1.00. The van der Waals surface area contributed by atoms with Gasteiger partial charge in [-0.05, 0) is 45.1 Å². The van der Waals surface area contributed by atoms with Crippen molar-refractivity contribution in [3.63, 3.8) is 0 Å². The van der Waals surface area contributed by atoms with Gasteiger partial charge in [-0.25, -0.2) is 0 Å². The van der Waals surface area contributed by atoms with Gasteiger partial charge in [-0.3, -0.25) is 4.79 Å². The standard InChI is InChI=1S/C27H37N5O5Si/c1-17-9-10-19(38(6,7)8)15-21(17)37-22-12-11-20(36-22)24(33)28-23-25(34-4)29-27(30-26(23)35-5)32-14-13-18(16-32)31(2)3/h9-12,15,18H,13-14,16H2,1-8H3,(H,28,33). The Morgan fingerprint density at radius 1 is 1.11 bits per heavy atom. The maximum atomic E-state index is 13.1. The number of rotatable bonds is 9. The van der Waals surface area contributed by atoms with E-state index >= 15 is 0 Å². The molecule has 1 aromatic carbocycles. The fourth-order valence-electron chi connectivity index (χ4n) is 4.26. The summed E-state index contributed by atoms with van der Waals surface area (Å²) >= 11 is 0. The molecule has 3 aromatic rings. The first-order valence-corrected chi connectivity index (χ1v) is 16.1. The highest BCUT2D eigenvalue weighted by molar-refractivity contribution is 6.88. The van der Waals surface area contributed by atoms with Crippen LogP contribution < -0.4 is 29.6 Å². The number of amides is 1. The average molecular weight is 540 g/mol. The predicted molar refractivity (Wildman–Crippen MR) is 150 cm³/mol. The van der Waals surface area contributed by atoms with Gasteiger partial charge in [-0.2, -0.15) is 9.97 Å². The number of carbonyl (C=O) groups is 1. The van der Waals surface area contributed by atoms with Gasteiger partial charge in [0.1, 0.15) is 5.75 Å². The summed E-state index contributed by atoms with van der Waals surface area (Å²) in [5, 5.41) is 4.05. The molecule has 3 heterocycles. The van der Waals surface area contributed by atoms with Crippen LogP contribution in [0.1, 0.15) is 22.5 Å². The van der Waals surface area contributed by atoms with Gasteiger partial charge < -0.3 is 33.7 Å². The Balaban J connectivity index is 1.52. The topological polar surface area (TPSA) is 102 Å². The smallest absolute Gasteiger partial charge is 0.291 e. The molecule has 1 N–H and O–H groups in total. The van der Waals surface area contributed by atoms with Gasteiger partial charge in [-0.15, -0.1) is 0 Å². The lowest BCUT2D eigenvalue weighted by atomic mass is 10.2. The van der Waals surface area contributed by atoms with Gasteiger partial charge in [0.25, 0.3) is 11.9 Å². The molecule has 0 saturated carbocycles. The first-order chi connectivity index (χ1) is 18.0. The Kier molecular flexibility index (Phi) is 7.98. The van der Waals surface area contributed by atoms with Crippen LogP contribution in [0.25, 0.3) is 0 Å². The highest BCUT2D eigenvalue weighted by Gasteiger charge is 2.29. The first-order valence-electron chi connectivity index (χ1n) is 12.6. The third kappa shape index (κ3) is 5.94. The molecule has 0 aliphatic carbocycles. The normalized spacial score (nSPS) is 15.6. The van der Waals surface area contributed by atoms with E-state index in [4.69, 9.17) is 18.6 Å². The van der Waals surface area contributed by atoms with Crippen molar-refractivity contribution in [1.29, 1.82) is 0 Å². The predicted octanol–water partition coefficient (Wildman–Crippen LogP) is 4.13. The van der Waals surface area contributed by atoms with E-state index in [0.29, 0.717) is 17.7 Å². The van der Waals surface area contributed by atoms with Crippen LogP contribution >= 0.6 is 0 Å². The maximum Gasteiger partial charge on any atom is 0.291 e. The molecule has 0 radical (unpaired) electrons. The monoisotopic (exact) mass is 539 g/mol. The van der Waals surface area contributed by atoms with Crippen LogP contribution in [-0.4, -0.2) is 76.3 Å². The lowest BCUT2D eigenvalue weighted by Gasteiger charge is -2.21. The zero-order valence-corrected chi connectivity index (χ0v) is 24.4. The fourth-order valence-corrected chi connectivity index (χ4v) is 5.40. The number of methoxy groups -OCH3 is 2. The minimum absolute atomic E-state index is 0.0700. The molecule has 1 unspecified atom stereocenters. The van der Waals surface area contributed by atoms with Gasteiger partial charge in [0.15, 0.2) is 11.4 Å². The van der Waals surface area contributed by atoms with E-state index in [1.807, 2.05) is 13.0 Å². The summed E-state index contributed by atoms with van der Waals surface area (Å²) in [6, 6.07) is 9.84. The largest absolute Gasteiger partial charge is 0.479 e. The van der Waals surface area contributed by atoms with Crippen LogP contribution in [-0.2, 0) is 0 Å². The highest BCUT2D eigenvalue weighted by atomic mass is 28.3. The van der Waals surface area contributed by atoms with Gasteiger partial charge >= 0.3 is 0 Å². The van der Waals surface area contributed by atoms with Gasteiger partial charge in [0.05, 0.1) is 22.3 Å². The van der Waals surface area contributed by atoms with Gasteiger partial charge in [0.2, 0.25) is 17.7 Å². The lowest BCUT2D eigenvalue weighted by molar-refractivity contribution is 0.0990. The van der Waals surface area contributed by atoms with E-state index in [1.54, 1.807) is 12.1 Å². The number of hydrogen-bond donors (Lipinski definition) is 1. The Bertz CT molecular complexity index is 1280. The molecule has 4 rings (SSSR count). The molecule has 1 atom stereocenters. The third-order valence-corrected chi connectivity index (χ3v) is 8.75. The van der Waals surface area contributed by atoms with E-state index < -0.39 is 14.0 Å². The second kappa shape index (κ2) is 11.0. The summed E-state index contributed by atoms with van der Waals surface area (Å²) in [5.74, 6) is 1.39. The highest BCUT2D eigenvalue weighted by Crippen LogP contribution is 2.35. The van der Waals surface area contributed by atoms with Crippen molar-refractivity contribution in [2.45, 2.75) is 39.0 Å². The Morgan fingerprint density at radius 2 is 1.79 bits per heavy atom. The van der Waals surface area contributed by atoms with Crippen LogP contribution in [0.2, 0.25) is 19.6 Å². The molecule has 11 heteroatoms. The average Bonchev–Trinajstić information content (AvgIpc) is 3.55. The van der Waals surface area contributed by atoms with E-state index in [1.165, 1.54) is 19.4 Å². The summed E-state index contributed by atoms with van der Waals surface area (Å²) in [6.45, 7) is 10.4. The van der Waals surface area contributed by atoms with Crippen LogP contribution in [0, 0.1) is 6.92 Å². The summed E-state index contributed by atoms with van der Waals surface area (Å²) in [4.78, 5) is 26.5. The Hall–Kier alpha value is -3.57. The fraction of sp³-hybridized carbons (Fsp3) is 0.444. The molecular formula is C27H37N5O5Si. The summed E-state index contributed by atoms with van der Waals surface area (Å²) in [7, 11) is 5.59. The molecule has 1 aliphatic heterocycles. The number of benzene rings is 1. The Morgan fingerprint density at radius 3 is 2.37 bits per heavy atom. The van der Waals surface area contributed by atoms with Crippen molar-refractivity contribution in [2.75, 3.05) is 51.6 Å². The number of nitrogens with zero attached hydrogens (tertiary/aromatic N) is 4. The van der Waals surface area contributed by atoms with Crippen molar-refractivity contribution >= 4 is 30.8 Å². The van der Waals surface area contributed by atoms with E-state index in [0.717, 1.165) is 25.1 Å². The number of ether oxygens (including phenoxy) is 3. The number of aromatic nitrogens is 2. The van der Waals surface area contributed by atoms with Crippen molar-refractivity contribution in [3.05, 3.63) is 41.7 Å². The number of nitrogens with one attached hydrogen (secondary N) is 1. The number of carbonyl (C=O) groups excluding carboxylic acids is 1. The summed E-state index contributed by atoms with van der Waals surface area (Å²) in [5.41, 5.74) is 1.21. The van der Waals surface area contributed by atoms with Gasteiger partial charge in [0, 0.05) is 25.2 Å². The van der Waals surface area contributed by atoms with Crippen molar-refractivity contribution in [3.8, 4) is 23.5 Å².